The molecule has 0 fully saturated rings. The van der Waals surface area contributed by atoms with Crippen molar-refractivity contribution >= 4 is 24.3 Å². The molecule has 0 aliphatic carbocycles. The Morgan fingerprint density at radius 3 is 1.49 bits per heavy atom. The molecular weight excluding hydrogens is 542 g/mol. The van der Waals surface area contributed by atoms with E-state index in [9.17, 15) is 31.4 Å². The molecule has 3 rings (SSSR count). The van der Waals surface area contributed by atoms with E-state index < -0.39 is 29.6 Å². The van der Waals surface area contributed by atoms with Crippen molar-refractivity contribution in [1.29, 1.82) is 0 Å². The molecule has 41 heavy (non-hydrogen) atoms. The van der Waals surface area contributed by atoms with Crippen molar-refractivity contribution in [3.05, 3.63) is 99.9 Å². The molecule has 1 unspecified atom stereocenters. The lowest BCUT2D eigenvalue weighted by Crippen LogP contribution is -2.32. The van der Waals surface area contributed by atoms with Crippen LogP contribution >= 0.6 is 0 Å². The lowest BCUT2D eigenvalue weighted by molar-refractivity contribution is -0.138. The molecule has 1 atom stereocenters. The molecule has 9 heteroatoms. The van der Waals surface area contributed by atoms with Gasteiger partial charge in [-0.25, -0.2) is 4.98 Å². The highest BCUT2D eigenvalue weighted by molar-refractivity contribution is 5.72. The monoisotopic (exact) mass is 576 g/mol. The third-order valence-electron chi connectivity index (χ3n) is 6.52. The van der Waals surface area contributed by atoms with E-state index in [1.54, 1.807) is 36.4 Å². The molecule has 3 aromatic rings. The summed E-state index contributed by atoms with van der Waals surface area (Å²) < 4.78 is 77.3. The number of benzene rings is 2. The van der Waals surface area contributed by atoms with E-state index in [-0.39, 0.29) is 6.04 Å². The van der Waals surface area contributed by atoms with Gasteiger partial charge < -0.3 is 10.4 Å². The summed E-state index contributed by atoms with van der Waals surface area (Å²) in [6, 6.07) is 13.1. The van der Waals surface area contributed by atoms with Crippen molar-refractivity contribution in [2.24, 2.45) is 0 Å². The summed E-state index contributed by atoms with van der Waals surface area (Å²) in [4.78, 5) is 4.55. The number of rotatable bonds is 12. The Kier molecular flexibility index (Phi) is 11.3. The van der Waals surface area contributed by atoms with Gasteiger partial charge in [0.2, 0.25) is 0 Å². The number of nitrogens with one attached hydrogen (secondary N) is 1. The average Bonchev–Trinajstić information content (AvgIpc) is 2.93. The Balaban J connectivity index is 1.87. The van der Waals surface area contributed by atoms with Crippen molar-refractivity contribution in [3.8, 4) is 0 Å². The molecule has 2 N–H and O–H groups in total. The van der Waals surface area contributed by atoms with Crippen LogP contribution in [-0.4, -0.2) is 22.7 Å². The fourth-order valence-corrected chi connectivity index (χ4v) is 4.33. The van der Waals surface area contributed by atoms with Crippen molar-refractivity contribution in [3.63, 3.8) is 0 Å². The second kappa shape index (κ2) is 14.5. The maximum Gasteiger partial charge on any atom is 0.416 e. The highest BCUT2D eigenvalue weighted by Crippen LogP contribution is 2.30. The Hall–Kier alpha value is -3.43. The summed E-state index contributed by atoms with van der Waals surface area (Å²) >= 11 is 0. The molecule has 1 aromatic heterocycles. The summed E-state index contributed by atoms with van der Waals surface area (Å²) in [5.41, 5.74) is 1.10. The molecule has 220 valence electrons. The van der Waals surface area contributed by atoms with Crippen LogP contribution in [0.3, 0.4) is 0 Å². The van der Waals surface area contributed by atoms with E-state index in [0.29, 0.717) is 34.6 Å². The fourth-order valence-electron chi connectivity index (χ4n) is 4.33. The first-order valence-electron chi connectivity index (χ1n) is 13.5. The zero-order chi connectivity index (χ0) is 30.0. The molecule has 0 spiro atoms. The van der Waals surface area contributed by atoms with Gasteiger partial charge in [0.1, 0.15) is 0 Å². The summed E-state index contributed by atoms with van der Waals surface area (Å²) in [5, 5.41) is 14.4. The predicted octanol–water partition coefficient (Wildman–Crippen LogP) is 9.05. The molecule has 3 nitrogen and oxygen atoms in total. The fraction of sp³-hybridized carbons (Fsp3) is 0.344. The molecule has 0 saturated heterocycles. The minimum absolute atomic E-state index is 0.277. The Bertz CT molecular complexity index is 1200. The van der Waals surface area contributed by atoms with E-state index >= 15 is 0 Å². The van der Waals surface area contributed by atoms with Gasteiger partial charge in [0.05, 0.1) is 28.6 Å². The van der Waals surface area contributed by atoms with Crippen LogP contribution in [0.2, 0.25) is 0 Å². The van der Waals surface area contributed by atoms with Crippen LogP contribution in [0, 0.1) is 0 Å². The number of aliphatic hydroxyl groups excluding tert-OH is 1. The topological polar surface area (TPSA) is 45.1 Å². The normalized spacial score (nSPS) is 13.5. The quantitative estimate of drug-likeness (QED) is 0.212. The first-order valence-corrected chi connectivity index (χ1v) is 13.5. The van der Waals surface area contributed by atoms with Crippen molar-refractivity contribution in [1.82, 2.24) is 10.3 Å². The third-order valence-corrected chi connectivity index (χ3v) is 6.52. The minimum atomic E-state index is -4.43. The zero-order valence-electron chi connectivity index (χ0n) is 22.9. The van der Waals surface area contributed by atoms with Gasteiger partial charge in [-0.3, -0.25) is 0 Å². The number of hydrogen-bond acceptors (Lipinski definition) is 3. The van der Waals surface area contributed by atoms with Crippen molar-refractivity contribution < 1.29 is 31.4 Å². The number of nitrogens with zero attached hydrogens (tertiary/aromatic N) is 1. The molecule has 0 amide bonds. The lowest BCUT2D eigenvalue weighted by atomic mass is 10.0. The van der Waals surface area contributed by atoms with Crippen molar-refractivity contribution in [2.75, 3.05) is 6.54 Å². The summed E-state index contributed by atoms with van der Waals surface area (Å²) in [6.07, 6.45) is 0.813. The van der Waals surface area contributed by atoms with E-state index in [1.807, 2.05) is 0 Å². The van der Waals surface area contributed by atoms with Crippen molar-refractivity contribution in [2.45, 2.75) is 64.0 Å². The Morgan fingerprint density at radius 2 is 1.12 bits per heavy atom. The maximum absolute atomic E-state index is 12.9. The van der Waals surface area contributed by atoms with E-state index in [2.05, 4.69) is 24.1 Å². The van der Waals surface area contributed by atoms with Gasteiger partial charge in [-0.1, -0.05) is 63.1 Å². The van der Waals surface area contributed by atoms with Crippen LogP contribution in [-0.2, 0) is 12.4 Å². The number of aliphatic hydroxyl groups is 1. The van der Waals surface area contributed by atoms with Gasteiger partial charge in [-0.15, -0.1) is 0 Å². The van der Waals surface area contributed by atoms with Gasteiger partial charge in [-0.2, -0.15) is 26.3 Å². The molecule has 1 heterocycles. The first-order chi connectivity index (χ1) is 19.4. The van der Waals surface area contributed by atoms with Gasteiger partial charge in [0.25, 0.3) is 0 Å². The third kappa shape index (κ3) is 10.2. The average molecular weight is 577 g/mol. The van der Waals surface area contributed by atoms with Crippen LogP contribution in [0.15, 0.2) is 60.7 Å². The van der Waals surface area contributed by atoms with Gasteiger partial charge in [0, 0.05) is 12.6 Å². The number of alkyl halides is 6. The largest absolute Gasteiger partial charge is 0.416 e. The van der Waals surface area contributed by atoms with Gasteiger partial charge in [-0.05, 0) is 78.1 Å². The SMILES string of the molecule is CCCC(CCC)NCC(O)c1cc(/C=C/c2ccc(C(F)(F)F)cc2)nc(/C=C/c2ccc(C(F)(F)F)cc2)c1. The van der Waals surface area contributed by atoms with E-state index in [4.69, 9.17) is 0 Å². The van der Waals surface area contributed by atoms with E-state index in [1.165, 1.54) is 24.3 Å². The molecular formula is C32H34F6N2O. The number of hydrogen-bond donors (Lipinski definition) is 2. The summed E-state index contributed by atoms with van der Waals surface area (Å²) in [6.45, 7) is 4.53. The van der Waals surface area contributed by atoms with Crippen LogP contribution in [0.1, 0.15) is 84.8 Å². The highest BCUT2D eigenvalue weighted by Gasteiger charge is 2.30. The molecule has 0 bridgehead atoms. The standard InChI is InChI=1S/C32H34F6N2O/c1-3-5-27(6-4-2)39-21-30(41)24-19-28(17-11-22-7-13-25(14-8-22)31(33,34)35)40-29(20-24)18-12-23-9-15-26(16-10-23)32(36,37)38/h7-20,27,30,39,41H,3-6,21H2,1-2H3/b17-11+,18-12+. The summed E-state index contributed by atoms with van der Waals surface area (Å²) in [5.74, 6) is 0. The van der Waals surface area contributed by atoms with Crippen LogP contribution in [0.25, 0.3) is 24.3 Å². The van der Waals surface area contributed by atoms with Crippen LogP contribution in [0.5, 0.6) is 0 Å². The molecule has 0 saturated carbocycles. The Labute approximate surface area is 236 Å². The maximum atomic E-state index is 12.9. The van der Waals surface area contributed by atoms with E-state index in [0.717, 1.165) is 49.9 Å². The molecule has 0 aliphatic heterocycles. The summed E-state index contributed by atoms with van der Waals surface area (Å²) in [7, 11) is 0. The lowest BCUT2D eigenvalue weighted by Gasteiger charge is -2.20. The molecule has 0 radical (unpaired) electrons. The number of pyridine rings is 1. The Morgan fingerprint density at radius 1 is 0.707 bits per heavy atom. The van der Waals surface area contributed by atoms with Crippen LogP contribution in [0.4, 0.5) is 26.3 Å². The molecule has 2 aromatic carbocycles. The highest BCUT2D eigenvalue weighted by atomic mass is 19.4. The van der Waals surface area contributed by atoms with Gasteiger partial charge in [0.15, 0.2) is 0 Å². The van der Waals surface area contributed by atoms with Crippen LogP contribution < -0.4 is 5.32 Å². The number of halogens is 6. The molecule has 0 aliphatic rings. The minimum Gasteiger partial charge on any atom is -0.387 e. The predicted molar refractivity (Wildman–Crippen MR) is 152 cm³/mol. The second-order valence-corrected chi connectivity index (χ2v) is 9.85. The van der Waals surface area contributed by atoms with Gasteiger partial charge >= 0.3 is 12.4 Å². The number of aromatic nitrogens is 1. The first kappa shape index (κ1) is 32.1. The smallest absolute Gasteiger partial charge is 0.387 e. The second-order valence-electron chi connectivity index (χ2n) is 9.85. The zero-order valence-corrected chi connectivity index (χ0v) is 22.9.